The Morgan fingerprint density at radius 3 is 2.73 bits per heavy atom. The maximum Gasteiger partial charge on any atom is 0.335 e. The van der Waals surface area contributed by atoms with Crippen LogP contribution in [0.5, 0.6) is 5.75 Å². The number of nitrogens with zero attached hydrogens (tertiary/aromatic N) is 1. The Balaban J connectivity index is 1.19. The van der Waals surface area contributed by atoms with Crippen molar-refractivity contribution in [3.05, 3.63) is 70.3 Å². The summed E-state index contributed by atoms with van der Waals surface area (Å²) >= 11 is 6.39. The highest BCUT2D eigenvalue weighted by atomic mass is 35.5. The second-order valence-electron chi connectivity index (χ2n) is 14.0. The van der Waals surface area contributed by atoms with Crippen molar-refractivity contribution in [2.45, 2.75) is 86.8 Å². The van der Waals surface area contributed by atoms with E-state index in [1.54, 1.807) is 30.4 Å². The van der Waals surface area contributed by atoms with Gasteiger partial charge in [-0.15, -0.1) is 0 Å². The first-order chi connectivity index (χ1) is 23.0. The lowest BCUT2D eigenvalue weighted by molar-refractivity contribution is 0.0447. The predicted octanol–water partition coefficient (Wildman–Crippen LogP) is 5.09. The molecule has 6 rings (SSSR count). The van der Waals surface area contributed by atoms with Gasteiger partial charge in [-0.05, 0) is 111 Å². The lowest BCUT2D eigenvalue weighted by Gasteiger charge is -2.45. The number of carboxylic acids is 1. The summed E-state index contributed by atoms with van der Waals surface area (Å²) in [7, 11) is -2.40. The van der Waals surface area contributed by atoms with Crippen molar-refractivity contribution >= 4 is 33.3 Å². The highest BCUT2D eigenvalue weighted by Gasteiger charge is 2.44. The Morgan fingerprint density at radius 1 is 1.21 bits per heavy atom. The molecular formula is C36H47ClN2O8S. The van der Waals surface area contributed by atoms with E-state index < -0.39 is 33.5 Å². The Morgan fingerprint density at radius 2 is 2.04 bits per heavy atom. The zero-order chi connectivity index (χ0) is 34.1. The van der Waals surface area contributed by atoms with E-state index in [2.05, 4.69) is 17.0 Å². The molecule has 1 unspecified atom stereocenters. The number of fused-ring (bicyclic) bond motifs is 3. The van der Waals surface area contributed by atoms with Gasteiger partial charge in [0.2, 0.25) is 10.0 Å². The predicted molar refractivity (Wildman–Crippen MR) is 184 cm³/mol. The molecule has 0 radical (unpaired) electrons. The number of carboxylic acid groups (broad SMARTS) is 1. The molecule has 2 aromatic rings. The molecule has 4 aliphatic rings. The summed E-state index contributed by atoms with van der Waals surface area (Å²) in [4.78, 5) is 14.3. The third-order valence-electron chi connectivity index (χ3n) is 11.0. The molecule has 262 valence electrons. The van der Waals surface area contributed by atoms with Gasteiger partial charge in [-0.3, -0.25) is 0 Å². The van der Waals surface area contributed by atoms with Gasteiger partial charge in [-0.2, -0.15) is 0 Å². The van der Waals surface area contributed by atoms with Gasteiger partial charge in [0.1, 0.15) is 11.0 Å². The van der Waals surface area contributed by atoms with E-state index in [1.807, 2.05) is 6.07 Å². The van der Waals surface area contributed by atoms with E-state index in [4.69, 9.17) is 31.0 Å². The smallest absolute Gasteiger partial charge is 0.335 e. The Bertz CT molecular complexity index is 1610. The van der Waals surface area contributed by atoms with Crippen LogP contribution in [-0.4, -0.2) is 81.6 Å². The minimum Gasteiger partial charge on any atom is -0.490 e. The van der Waals surface area contributed by atoms with E-state index in [9.17, 15) is 23.4 Å². The summed E-state index contributed by atoms with van der Waals surface area (Å²) in [5.41, 5.74) is 3.12. The van der Waals surface area contributed by atoms with Gasteiger partial charge in [0, 0.05) is 37.2 Å². The van der Waals surface area contributed by atoms with Crippen LogP contribution in [0.25, 0.3) is 0 Å². The van der Waals surface area contributed by atoms with Gasteiger partial charge in [-0.1, -0.05) is 29.8 Å². The number of rotatable bonds is 12. The van der Waals surface area contributed by atoms with Crippen LogP contribution in [0.2, 0.25) is 5.02 Å². The molecule has 2 heterocycles. The van der Waals surface area contributed by atoms with Gasteiger partial charge in [0.15, 0.2) is 0 Å². The normalized spacial score (nSPS) is 27.4. The summed E-state index contributed by atoms with van der Waals surface area (Å²) < 4.78 is 42.7. The number of methoxy groups -OCH3 is 1. The summed E-state index contributed by atoms with van der Waals surface area (Å²) in [6.45, 7) is 2.38. The lowest BCUT2D eigenvalue weighted by Crippen LogP contribution is -2.49. The Labute approximate surface area is 288 Å². The van der Waals surface area contributed by atoms with Crippen molar-refractivity contribution in [3.8, 4) is 5.75 Å². The van der Waals surface area contributed by atoms with Crippen molar-refractivity contribution in [1.82, 2.24) is 0 Å². The standard InChI is InChI=1S/C36H47ClN2O8S/c1-45-33(34(48(38,43)44)19-27-6-4-16-46-27)8-2-7-31(40)28-12-9-25(28)20-39-21-36(15-3-5-23-17-26(37)11-13-29(23)36)22-47-32-14-10-24(35(41)42)18-30(32)39/h2,7,10-11,13-14,17-18,25,27-28,31,33-34,40H,3-6,8-9,12,15-16,19-22H2,1H3,(H,41,42)(H2,38,43,44)/b7-2+/t25-,27?,28+,31-,33-,34-,36-/m0/s1. The SMILES string of the molecule is CO[C@@H](C/C=C/[C@H](O)[C@@H]1CC[C@H]1CN1C[C@@]2(CCCc3cc(Cl)ccc32)COc2ccc(C(=O)O)cc21)[C@H](CC1CCCO1)S(N)(=O)=O. The third kappa shape index (κ3) is 7.56. The first-order valence-corrected chi connectivity index (χ1v) is 19.0. The number of aliphatic hydroxyl groups is 1. The van der Waals surface area contributed by atoms with Gasteiger partial charge in [0.05, 0.1) is 36.2 Å². The lowest BCUT2D eigenvalue weighted by atomic mass is 9.68. The van der Waals surface area contributed by atoms with Crippen LogP contribution in [0.4, 0.5) is 5.69 Å². The number of ether oxygens (including phenoxy) is 3. The molecule has 2 aliphatic heterocycles. The number of nitrogens with two attached hydrogens (primary N) is 1. The summed E-state index contributed by atoms with van der Waals surface area (Å²) in [6.07, 6.45) is 8.93. The highest BCUT2D eigenvalue weighted by molar-refractivity contribution is 7.89. The summed E-state index contributed by atoms with van der Waals surface area (Å²) in [5, 5.41) is 26.6. The van der Waals surface area contributed by atoms with Gasteiger partial charge in [-0.25, -0.2) is 18.4 Å². The van der Waals surface area contributed by atoms with Crippen LogP contribution < -0.4 is 14.8 Å². The van der Waals surface area contributed by atoms with Crippen molar-refractivity contribution in [2.24, 2.45) is 17.0 Å². The molecule has 2 fully saturated rings. The number of aliphatic hydroxyl groups excluding tert-OH is 1. The van der Waals surface area contributed by atoms with Crippen molar-refractivity contribution in [1.29, 1.82) is 0 Å². The number of halogens is 1. The molecule has 0 amide bonds. The monoisotopic (exact) mass is 702 g/mol. The number of sulfonamides is 1. The fraction of sp³-hybridized carbons (Fsp3) is 0.583. The molecule has 1 saturated carbocycles. The zero-order valence-electron chi connectivity index (χ0n) is 27.4. The van der Waals surface area contributed by atoms with E-state index in [-0.39, 0.29) is 35.3 Å². The Hall–Kier alpha value is -2.67. The number of benzene rings is 2. The number of anilines is 1. The minimum atomic E-state index is -3.88. The maximum atomic E-state index is 12.5. The van der Waals surface area contributed by atoms with E-state index in [0.717, 1.165) is 50.6 Å². The molecule has 2 aliphatic carbocycles. The number of aryl methyl sites for hydroxylation is 1. The molecular weight excluding hydrogens is 656 g/mol. The molecule has 7 atom stereocenters. The number of hydrogen-bond acceptors (Lipinski definition) is 8. The topological polar surface area (TPSA) is 149 Å². The van der Waals surface area contributed by atoms with Crippen LogP contribution in [0.1, 0.15) is 72.9 Å². The number of aromatic carboxylic acids is 1. The molecule has 10 nitrogen and oxygen atoms in total. The van der Waals surface area contributed by atoms with E-state index in [1.165, 1.54) is 18.2 Å². The van der Waals surface area contributed by atoms with Crippen LogP contribution >= 0.6 is 11.6 Å². The van der Waals surface area contributed by atoms with Crippen LogP contribution in [0, 0.1) is 11.8 Å². The summed E-state index contributed by atoms with van der Waals surface area (Å²) in [5.74, 6) is -0.185. The molecule has 4 N–H and O–H groups in total. The van der Waals surface area contributed by atoms with Gasteiger partial charge >= 0.3 is 5.97 Å². The molecule has 0 bridgehead atoms. The molecule has 12 heteroatoms. The van der Waals surface area contributed by atoms with Crippen molar-refractivity contribution < 1.29 is 37.6 Å². The number of carbonyl (C=O) groups is 1. The van der Waals surface area contributed by atoms with Crippen LogP contribution in [0.3, 0.4) is 0 Å². The maximum absolute atomic E-state index is 12.5. The molecule has 1 saturated heterocycles. The van der Waals surface area contributed by atoms with Crippen LogP contribution in [-0.2, 0) is 31.3 Å². The molecule has 1 spiro atoms. The quantitative estimate of drug-likeness (QED) is 0.257. The van der Waals surface area contributed by atoms with Gasteiger partial charge < -0.3 is 29.3 Å². The minimum absolute atomic E-state index is 0.00755. The van der Waals surface area contributed by atoms with Crippen molar-refractivity contribution in [2.75, 3.05) is 38.3 Å². The fourth-order valence-corrected chi connectivity index (χ4v) is 9.61. The highest BCUT2D eigenvalue weighted by Crippen LogP contribution is 2.46. The average molecular weight is 703 g/mol. The molecule has 48 heavy (non-hydrogen) atoms. The summed E-state index contributed by atoms with van der Waals surface area (Å²) in [6, 6.07) is 11.1. The molecule has 2 aromatic carbocycles. The third-order valence-corrected chi connectivity index (χ3v) is 12.6. The van der Waals surface area contributed by atoms with Gasteiger partial charge in [0.25, 0.3) is 0 Å². The number of hydrogen-bond donors (Lipinski definition) is 3. The van der Waals surface area contributed by atoms with E-state index in [0.29, 0.717) is 43.5 Å². The first-order valence-electron chi connectivity index (χ1n) is 17.0. The van der Waals surface area contributed by atoms with Crippen LogP contribution in [0.15, 0.2) is 48.6 Å². The Kier molecular flexibility index (Phi) is 10.7. The second-order valence-corrected chi connectivity index (χ2v) is 16.2. The molecule has 0 aromatic heterocycles. The first kappa shape index (κ1) is 35.2. The van der Waals surface area contributed by atoms with E-state index >= 15 is 0 Å². The number of primary sulfonamides is 1. The zero-order valence-corrected chi connectivity index (χ0v) is 29.0. The average Bonchev–Trinajstić information content (AvgIpc) is 3.50. The van der Waals surface area contributed by atoms with Crippen molar-refractivity contribution in [3.63, 3.8) is 0 Å². The largest absolute Gasteiger partial charge is 0.490 e. The second kappa shape index (κ2) is 14.7. The fourth-order valence-electron chi connectivity index (χ4n) is 8.28.